The molecule has 7 nitrogen and oxygen atoms in total. The third kappa shape index (κ3) is 5.48. The van der Waals surface area contributed by atoms with Gasteiger partial charge in [0.05, 0.1) is 5.56 Å². The first kappa shape index (κ1) is 25.4. The van der Waals surface area contributed by atoms with E-state index in [1.165, 1.54) is 18.2 Å². The minimum absolute atomic E-state index is 0.0759. The van der Waals surface area contributed by atoms with Crippen LogP contribution in [0.5, 0.6) is 5.75 Å². The molecule has 0 saturated carbocycles. The Morgan fingerprint density at radius 1 is 0.938 bits per heavy atom. The predicted octanol–water partition coefficient (Wildman–Crippen LogP) is 4.06. The van der Waals surface area contributed by atoms with Gasteiger partial charge in [-0.05, 0) is 35.0 Å². The zero-order chi connectivity index (χ0) is 24.5. The van der Waals surface area contributed by atoms with E-state index in [0.29, 0.717) is 5.39 Å². The first-order valence-corrected chi connectivity index (χ1v) is 10.2. The number of esters is 2. The number of halogens is 6. The SMILES string of the molecule is CCC(=O)Oc1ccc2cc(C(=O)OC(CS(=O)(=O)O)(C(F)(F)F)C(F)(F)F)ccc2c1. The average molecular weight is 488 g/mol. The van der Waals surface area contributed by atoms with Gasteiger partial charge in [0, 0.05) is 6.42 Å². The summed E-state index contributed by atoms with van der Waals surface area (Å²) in [5.41, 5.74) is -6.26. The van der Waals surface area contributed by atoms with Crippen molar-refractivity contribution in [2.45, 2.75) is 31.3 Å². The van der Waals surface area contributed by atoms with Gasteiger partial charge in [0.25, 0.3) is 10.1 Å². The molecule has 176 valence electrons. The maximum atomic E-state index is 13.3. The molecule has 0 saturated heterocycles. The Bertz CT molecular complexity index is 1120. The number of ether oxygens (including phenoxy) is 2. The lowest BCUT2D eigenvalue weighted by atomic mass is 10.0. The fourth-order valence-corrected chi connectivity index (χ4v) is 3.46. The lowest BCUT2D eigenvalue weighted by Gasteiger charge is -2.35. The van der Waals surface area contributed by atoms with Gasteiger partial charge in [-0.1, -0.05) is 19.1 Å². The summed E-state index contributed by atoms with van der Waals surface area (Å²) in [5.74, 6) is -5.55. The Labute approximate surface area is 176 Å². The van der Waals surface area contributed by atoms with E-state index >= 15 is 0 Å². The zero-order valence-electron chi connectivity index (χ0n) is 16.0. The van der Waals surface area contributed by atoms with Crippen LogP contribution in [0.25, 0.3) is 10.8 Å². The van der Waals surface area contributed by atoms with Crippen LogP contribution in [-0.4, -0.2) is 48.6 Å². The Hall–Kier alpha value is -2.87. The molecule has 0 amide bonds. The number of alkyl halides is 6. The number of fused-ring (bicyclic) bond motifs is 1. The predicted molar refractivity (Wildman–Crippen MR) is 96.5 cm³/mol. The van der Waals surface area contributed by atoms with E-state index in [-0.39, 0.29) is 17.6 Å². The van der Waals surface area contributed by atoms with E-state index in [2.05, 4.69) is 4.74 Å². The van der Waals surface area contributed by atoms with Crippen molar-refractivity contribution in [2.75, 3.05) is 5.75 Å². The lowest BCUT2D eigenvalue weighted by Crippen LogP contribution is -2.63. The van der Waals surface area contributed by atoms with Gasteiger partial charge in [-0.2, -0.15) is 34.8 Å². The fourth-order valence-electron chi connectivity index (χ4n) is 2.56. The fraction of sp³-hybridized carbons (Fsp3) is 0.333. The summed E-state index contributed by atoms with van der Waals surface area (Å²) >= 11 is 0. The van der Waals surface area contributed by atoms with Crippen molar-refractivity contribution in [3.05, 3.63) is 42.0 Å². The number of hydrogen-bond donors (Lipinski definition) is 1. The molecule has 2 aromatic rings. The monoisotopic (exact) mass is 488 g/mol. The van der Waals surface area contributed by atoms with Crippen LogP contribution in [0.4, 0.5) is 26.3 Å². The molecule has 0 aliphatic carbocycles. The van der Waals surface area contributed by atoms with Crippen LogP contribution in [0.2, 0.25) is 0 Å². The summed E-state index contributed by atoms with van der Waals surface area (Å²) in [7, 11) is -5.89. The number of rotatable bonds is 6. The first-order chi connectivity index (χ1) is 14.5. The Kier molecular flexibility index (Phi) is 6.81. The van der Waals surface area contributed by atoms with Crippen LogP contribution in [0.3, 0.4) is 0 Å². The van der Waals surface area contributed by atoms with E-state index < -0.39 is 51.3 Å². The number of carbonyl (C=O) groups is 2. The molecule has 0 fully saturated rings. The molecule has 2 aromatic carbocycles. The minimum Gasteiger partial charge on any atom is -0.435 e. The largest absolute Gasteiger partial charge is 0.438 e. The van der Waals surface area contributed by atoms with Crippen molar-refractivity contribution in [1.82, 2.24) is 0 Å². The van der Waals surface area contributed by atoms with E-state index in [4.69, 9.17) is 9.29 Å². The van der Waals surface area contributed by atoms with Crippen LogP contribution in [0.1, 0.15) is 23.7 Å². The van der Waals surface area contributed by atoms with Gasteiger partial charge in [0.15, 0.2) is 0 Å². The highest BCUT2D eigenvalue weighted by Gasteiger charge is 2.76. The molecule has 0 unspecified atom stereocenters. The molecule has 0 aromatic heterocycles. The molecule has 0 radical (unpaired) electrons. The molecule has 2 rings (SSSR count). The van der Waals surface area contributed by atoms with E-state index in [0.717, 1.165) is 18.2 Å². The summed E-state index contributed by atoms with van der Waals surface area (Å²) in [5, 5.41) is 0.480. The smallest absolute Gasteiger partial charge is 0.435 e. The molecule has 0 atom stereocenters. The normalized spacial score (nSPS) is 13.1. The van der Waals surface area contributed by atoms with Crippen molar-refractivity contribution >= 4 is 32.8 Å². The summed E-state index contributed by atoms with van der Waals surface area (Å²) in [4.78, 5) is 23.5. The number of carbonyl (C=O) groups excluding carboxylic acids is 2. The number of benzene rings is 2. The molecule has 0 bridgehead atoms. The second kappa shape index (κ2) is 8.58. The quantitative estimate of drug-likeness (QED) is 0.283. The highest BCUT2D eigenvalue weighted by atomic mass is 32.2. The molecule has 1 N–H and O–H groups in total. The second-order valence-corrected chi connectivity index (χ2v) is 7.94. The van der Waals surface area contributed by atoms with Gasteiger partial charge >= 0.3 is 29.9 Å². The van der Waals surface area contributed by atoms with Crippen molar-refractivity contribution in [3.63, 3.8) is 0 Å². The van der Waals surface area contributed by atoms with Crippen LogP contribution in [0.15, 0.2) is 36.4 Å². The standard InChI is InChI=1S/C18H14F6O7S/c1-2-14(25)30-13-6-5-10-7-12(4-3-11(10)8-13)15(26)31-16(17(19,20)21,18(22,23)24)9-32(27,28)29/h3-8H,2,9H2,1H3,(H,27,28,29). The lowest BCUT2D eigenvalue weighted by molar-refractivity contribution is -0.356. The maximum absolute atomic E-state index is 13.3. The van der Waals surface area contributed by atoms with Crippen molar-refractivity contribution in [3.8, 4) is 5.75 Å². The van der Waals surface area contributed by atoms with E-state index in [1.807, 2.05) is 0 Å². The molecule has 32 heavy (non-hydrogen) atoms. The van der Waals surface area contributed by atoms with Crippen molar-refractivity contribution in [1.29, 1.82) is 0 Å². The third-order valence-corrected chi connectivity index (χ3v) is 4.91. The first-order valence-electron chi connectivity index (χ1n) is 8.55. The van der Waals surface area contributed by atoms with Gasteiger partial charge in [0.1, 0.15) is 11.5 Å². The van der Waals surface area contributed by atoms with Crippen molar-refractivity contribution in [2.24, 2.45) is 0 Å². The van der Waals surface area contributed by atoms with Crippen LogP contribution < -0.4 is 4.74 Å². The summed E-state index contributed by atoms with van der Waals surface area (Å²) in [6, 6.07) is 6.77. The Morgan fingerprint density at radius 2 is 1.47 bits per heavy atom. The zero-order valence-corrected chi connectivity index (χ0v) is 16.8. The maximum Gasteiger partial charge on any atom is 0.438 e. The van der Waals surface area contributed by atoms with Gasteiger partial charge < -0.3 is 9.47 Å². The Morgan fingerprint density at radius 3 is 1.97 bits per heavy atom. The highest BCUT2D eigenvalue weighted by molar-refractivity contribution is 7.85. The van der Waals surface area contributed by atoms with Gasteiger partial charge in [0.2, 0.25) is 0 Å². The average Bonchev–Trinajstić information content (AvgIpc) is 2.63. The van der Waals surface area contributed by atoms with E-state index in [9.17, 15) is 44.3 Å². The summed E-state index contributed by atoms with van der Waals surface area (Å²) < 4.78 is 119. The Balaban J connectivity index is 2.46. The summed E-state index contributed by atoms with van der Waals surface area (Å²) in [6.45, 7) is 1.55. The van der Waals surface area contributed by atoms with Gasteiger partial charge in [-0.3, -0.25) is 9.35 Å². The molecule has 0 heterocycles. The molecule has 0 aliphatic heterocycles. The van der Waals surface area contributed by atoms with Crippen molar-refractivity contribution < 1.29 is 58.4 Å². The molecular weight excluding hydrogens is 474 g/mol. The van der Waals surface area contributed by atoms with Crippen LogP contribution >= 0.6 is 0 Å². The van der Waals surface area contributed by atoms with Crippen LogP contribution in [-0.2, 0) is 19.6 Å². The molecule has 0 spiro atoms. The molecule has 0 aliphatic rings. The molecular formula is C18H14F6O7S. The highest BCUT2D eigenvalue weighted by Crippen LogP contribution is 2.47. The summed E-state index contributed by atoms with van der Waals surface area (Å²) in [6.07, 6.45) is -12.8. The topological polar surface area (TPSA) is 107 Å². The second-order valence-electron chi connectivity index (χ2n) is 6.49. The number of hydrogen-bond acceptors (Lipinski definition) is 6. The van der Waals surface area contributed by atoms with Crippen LogP contribution in [0, 0.1) is 0 Å². The van der Waals surface area contributed by atoms with E-state index in [1.54, 1.807) is 6.92 Å². The molecule has 14 heteroatoms. The van der Waals surface area contributed by atoms with Gasteiger partial charge in [-0.25, -0.2) is 4.79 Å². The third-order valence-electron chi connectivity index (χ3n) is 4.14. The van der Waals surface area contributed by atoms with Gasteiger partial charge in [-0.15, -0.1) is 0 Å². The minimum atomic E-state index is -6.42.